The van der Waals surface area contributed by atoms with Crippen molar-refractivity contribution in [3.05, 3.63) is 12.2 Å². The average Bonchev–Trinajstić information content (AvgIpc) is 1.80. The van der Waals surface area contributed by atoms with Gasteiger partial charge in [0.05, 0.1) is 6.10 Å². The van der Waals surface area contributed by atoms with Crippen molar-refractivity contribution in [2.75, 3.05) is 0 Å². The van der Waals surface area contributed by atoms with E-state index in [1.807, 2.05) is 39.8 Å². The Kier molecular flexibility index (Phi) is 3.66. The molecule has 0 amide bonds. The number of rotatable bonds is 2. The highest BCUT2D eigenvalue weighted by Crippen LogP contribution is 2.21. The van der Waals surface area contributed by atoms with E-state index in [-0.39, 0.29) is 11.5 Å². The summed E-state index contributed by atoms with van der Waals surface area (Å²) in [5.74, 6) is 0. The minimum absolute atomic E-state index is 0.0134. The summed E-state index contributed by atoms with van der Waals surface area (Å²) in [5.41, 5.74) is 0.0134. The Hall–Kier alpha value is -0.300. The van der Waals surface area contributed by atoms with E-state index in [1.54, 1.807) is 0 Å². The summed E-state index contributed by atoms with van der Waals surface area (Å²) in [4.78, 5) is 0. The van der Waals surface area contributed by atoms with Crippen LogP contribution >= 0.6 is 0 Å². The first kappa shape index (κ1) is 9.70. The van der Waals surface area contributed by atoms with Crippen molar-refractivity contribution in [2.24, 2.45) is 5.41 Å². The number of aliphatic hydroxyl groups excluding tert-OH is 1. The second-order valence-corrected chi connectivity index (χ2v) is 3.69. The monoisotopic (exact) mass is 142 g/mol. The van der Waals surface area contributed by atoms with Crippen LogP contribution in [0.15, 0.2) is 12.2 Å². The van der Waals surface area contributed by atoms with Gasteiger partial charge in [-0.3, -0.25) is 0 Å². The van der Waals surface area contributed by atoms with E-state index in [4.69, 9.17) is 0 Å². The summed E-state index contributed by atoms with van der Waals surface area (Å²) >= 11 is 0. The van der Waals surface area contributed by atoms with Crippen LogP contribution in [0.4, 0.5) is 0 Å². The fourth-order valence-electron chi connectivity index (χ4n) is 0.619. The van der Waals surface area contributed by atoms with Gasteiger partial charge in [0.1, 0.15) is 0 Å². The molecule has 0 aliphatic heterocycles. The van der Waals surface area contributed by atoms with Gasteiger partial charge >= 0.3 is 0 Å². The second-order valence-electron chi connectivity index (χ2n) is 3.69. The zero-order valence-electron chi connectivity index (χ0n) is 7.39. The maximum atomic E-state index is 9.47. The molecule has 0 bridgehead atoms. The van der Waals surface area contributed by atoms with E-state index in [9.17, 15) is 5.11 Å². The molecular weight excluding hydrogens is 124 g/mol. The lowest BCUT2D eigenvalue weighted by Crippen LogP contribution is -2.24. The van der Waals surface area contributed by atoms with Crippen molar-refractivity contribution in [3.8, 4) is 0 Å². The van der Waals surface area contributed by atoms with Crippen molar-refractivity contribution in [3.63, 3.8) is 0 Å². The van der Waals surface area contributed by atoms with Crippen molar-refractivity contribution in [1.82, 2.24) is 0 Å². The molecule has 1 heteroatoms. The maximum Gasteiger partial charge on any atom is 0.0622 e. The minimum Gasteiger partial charge on any atom is -0.392 e. The molecule has 1 atom stereocenters. The molecule has 0 aromatic heterocycles. The molecule has 10 heavy (non-hydrogen) atoms. The molecule has 0 unspecified atom stereocenters. The van der Waals surface area contributed by atoms with E-state index < -0.39 is 0 Å². The zero-order valence-corrected chi connectivity index (χ0v) is 7.39. The van der Waals surface area contributed by atoms with E-state index >= 15 is 0 Å². The lowest BCUT2D eigenvalue weighted by atomic mass is 9.87. The van der Waals surface area contributed by atoms with Crippen LogP contribution in [0.1, 0.15) is 34.1 Å². The van der Waals surface area contributed by atoms with Gasteiger partial charge in [0.15, 0.2) is 0 Å². The quantitative estimate of drug-likeness (QED) is 0.587. The third kappa shape index (κ3) is 3.67. The lowest BCUT2D eigenvalue weighted by molar-refractivity contribution is 0.0659. The van der Waals surface area contributed by atoms with Crippen LogP contribution in [0.3, 0.4) is 0 Å². The van der Waals surface area contributed by atoms with Gasteiger partial charge in [-0.15, -0.1) is 0 Å². The van der Waals surface area contributed by atoms with Gasteiger partial charge in [-0.1, -0.05) is 32.9 Å². The van der Waals surface area contributed by atoms with Gasteiger partial charge in [-0.25, -0.2) is 0 Å². The smallest absolute Gasteiger partial charge is 0.0622 e. The average molecular weight is 142 g/mol. The molecule has 0 saturated carbocycles. The summed E-state index contributed by atoms with van der Waals surface area (Å²) in [6.07, 6.45) is 4.51. The molecule has 0 aromatic carbocycles. The summed E-state index contributed by atoms with van der Waals surface area (Å²) in [7, 11) is 0. The maximum absolute atomic E-state index is 9.47. The van der Waals surface area contributed by atoms with E-state index in [2.05, 4.69) is 0 Å². The highest BCUT2D eigenvalue weighted by molar-refractivity contribution is 4.84. The molecule has 0 fully saturated rings. The predicted molar refractivity (Wildman–Crippen MR) is 44.9 cm³/mol. The zero-order chi connectivity index (χ0) is 8.20. The Balaban J connectivity index is 3.73. The number of hydrogen-bond acceptors (Lipinski definition) is 1. The first-order chi connectivity index (χ1) is 4.48. The van der Waals surface area contributed by atoms with Crippen LogP contribution in [0.5, 0.6) is 0 Å². The SMILES string of the molecule is C/C=C/C[C@H](O)C(C)(C)C. The molecule has 0 heterocycles. The minimum atomic E-state index is -0.219. The lowest BCUT2D eigenvalue weighted by Gasteiger charge is -2.24. The Morgan fingerprint density at radius 1 is 1.40 bits per heavy atom. The van der Waals surface area contributed by atoms with Gasteiger partial charge < -0.3 is 5.11 Å². The molecule has 1 nitrogen and oxygen atoms in total. The van der Waals surface area contributed by atoms with Gasteiger partial charge in [0.25, 0.3) is 0 Å². The molecule has 0 radical (unpaired) electrons. The third-order valence-electron chi connectivity index (χ3n) is 1.59. The molecular formula is C9H18O. The van der Waals surface area contributed by atoms with Gasteiger partial charge in [-0.05, 0) is 18.8 Å². The van der Waals surface area contributed by atoms with E-state index in [0.29, 0.717) is 0 Å². The Morgan fingerprint density at radius 3 is 2.20 bits per heavy atom. The number of hydrogen-bond donors (Lipinski definition) is 1. The standard InChI is InChI=1S/C9H18O/c1-5-6-7-8(10)9(2,3)4/h5-6,8,10H,7H2,1-4H3/b6-5+/t8-/m0/s1. The Labute approximate surface area is 63.8 Å². The van der Waals surface area contributed by atoms with Gasteiger partial charge in [0.2, 0.25) is 0 Å². The summed E-state index contributed by atoms with van der Waals surface area (Å²) < 4.78 is 0. The van der Waals surface area contributed by atoms with Crippen LogP contribution in [-0.4, -0.2) is 11.2 Å². The molecule has 0 saturated heterocycles. The molecule has 0 aliphatic carbocycles. The fourth-order valence-corrected chi connectivity index (χ4v) is 0.619. The molecule has 0 aliphatic rings. The summed E-state index contributed by atoms with van der Waals surface area (Å²) in [6, 6.07) is 0. The second kappa shape index (κ2) is 3.77. The topological polar surface area (TPSA) is 20.2 Å². The summed E-state index contributed by atoms with van der Waals surface area (Å²) in [6.45, 7) is 8.10. The molecule has 0 spiro atoms. The third-order valence-corrected chi connectivity index (χ3v) is 1.59. The highest BCUT2D eigenvalue weighted by atomic mass is 16.3. The van der Waals surface area contributed by atoms with Crippen molar-refractivity contribution in [2.45, 2.75) is 40.2 Å². The van der Waals surface area contributed by atoms with E-state index in [1.165, 1.54) is 0 Å². The normalized spacial score (nSPS) is 16.1. The molecule has 0 rings (SSSR count). The van der Waals surface area contributed by atoms with Crippen LogP contribution < -0.4 is 0 Å². The molecule has 1 N–H and O–H groups in total. The fraction of sp³-hybridized carbons (Fsp3) is 0.778. The van der Waals surface area contributed by atoms with Crippen LogP contribution in [0.25, 0.3) is 0 Å². The predicted octanol–water partition coefficient (Wildman–Crippen LogP) is 2.36. The van der Waals surface area contributed by atoms with Gasteiger partial charge in [-0.2, -0.15) is 0 Å². The van der Waals surface area contributed by atoms with Crippen molar-refractivity contribution in [1.29, 1.82) is 0 Å². The Bertz CT molecular complexity index is 108. The van der Waals surface area contributed by atoms with Crippen LogP contribution in [0, 0.1) is 5.41 Å². The van der Waals surface area contributed by atoms with Crippen LogP contribution in [-0.2, 0) is 0 Å². The number of aliphatic hydroxyl groups is 1. The first-order valence-electron chi connectivity index (χ1n) is 3.77. The highest BCUT2D eigenvalue weighted by Gasteiger charge is 2.19. The molecule has 0 aromatic rings. The van der Waals surface area contributed by atoms with Crippen molar-refractivity contribution < 1.29 is 5.11 Å². The van der Waals surface area contributed by atoms with E-state index in [0.717, 1.165) is 6.42 Å². The summed E-state index contributed by atoms with van der Waals surface area (Å²) in [5, 5.41) is 9.47. The van der Waals surface area contributed by atoms with Crippen LogP contribution in [0.2, 0.25) is 0 Å². The Morgan fingerprint density at radius 2 is 1.90 bits per heavy atom. The first-order valence-corrected chi connectivity index (χ1v) is 3.77. The molecule has 60 valence electrons. The largest absolute Gasteiger partial charge is 0.392 e. The van der Waals surface area contributed by atoms with Crippen molar-refractivity contribution >= 4 is 0 Å². The van der Waals surface area contributed by atoms with Gasteiger partial charge in [0, 0.05) is 0 Å². The number of allylic oxidation sites excluding steroid dienone is 1.